The first-order chi connectivity index (χ1) is 15.0. The summed E-state index contributed by atoms with van der Waals surface area (Å²) in [6.07, 6.45) is 0.740. The summed E-state index contributed by atoms with van der Waals surface area (Å²) in [5.74, 6) is -0.795. The molecular weight excluding hydrogens is 394 g/mol. The fraction of sp³-hybridized carbons (Fsp3) is 0.125. The van der Waals surface area contributed by atoms with Crippen LogP contribution in [0.3, 0.4) is 0 Å². The first-order valence-electron chi connectivity index (χ1n) is 9.75. The molecule has 0 saturated carbocycles. The number of aromatic carboxylic acids is 1. The van der Waals surface area contributed by atoms with Gasteiger partial charge in [0.15, 0.2) is 0 Å². The number of anilines is 1. The Labute approximate surface area is 179 Å². The zero-order valence-electron chi connectivity index (χ0n) is 16.8. The van der Waals surface area contributed by atoms with Crippen molar-refractivity contribution >= 4 is 23.3 Å². The number of hydrazone groups is 1. The van der Waals surface area contributed by atoms with E-state index < -0.39 is 11.9 Å². The minimum Gasteiger partial charge on any atom is -0.497 e. The molecule has 31 heavy (non-hydrogen) atoms. The van der Waals surface area contributed by atoms with Gasteiger partial charge < -0.3 is 20.6 Å². The largest absolute Gasteiger partial charge is 0.497 e. The molecule has 1 aliphatic heterocycles. The molecule has 7 nitrogen and oxygen atoms in total. The molecule has 1 atom stereocenters. The lowest BCUT2D eigenvalue weighted by Gasteiger charge is -2.11. The SMILES string of the molecule is COc1ccc(C2CC(c3ccc(NC(=O)c4ccccc4C(=O)O)cc3)=NN2)cc1. The summed E-state index contributed by atoms with van der Waals surface area (Å²) in [5, 5.41) is 16.5. The van der Waals surface area contributed by atoms with Crippen LogP contribution in [0.4, 0.5) is 5.69 Å². The van der Waals surface area contributed by atoms with E-state index in [1.54, 1.807) is 31.4 Å². The molecule has 7 heteroatoms. The van der Waals surface area contributed by atoms with Crippen LogP contribution in [0.25, 0.3) is 0 Å². The van der Waals surface area contributed by atoms with Crippen molar-refractivity contribution in [1.82, 2.24) is 5.43 Å². The number of rotatable bonds is 6. The Balaban J connectivity index is 1.42. The van der Waals surface area contributed by atoms with Gasteiger partial charge >= 0.3 is 5.97 Å². The standard InChI is InChI=1S/C24H21N3O4/c1-31-18-12-8-16(9-13-18)22-14-21(26-27-22)15-6-10-17(11-7-15)25-23(28)19-4-2-3-5-20(19)24(29)30/h2-13,22,27H,14H2,1H3,(H,25,28)(H,29,30). The Morgan fingerprint density at radius 2 is 1.68 bits per heavy atom. The zero-order valence-corrected chi connectivity index (χ0v) is 16.8. The van der Waals surface area contributed by atoms with E-state index in [-0.39, 0.29) is 17.2 Å². The molecule has 3 aromatic rings. The van der Waals surface area contributed by atoms with Crippen molar-refractivity contribution in [2.75, 3.05) is 12.4 Å². The molecule has 156 valence electrons. The summed E-state index contributed by atoms with van der Waals surface area (Å²) < 4.78 is 5.20. The molecule has 0 aromatic heterocycles. The molecule has 0 radical (unpaired) electrons. The van der Waals surface area contributed by atoms with E-state index in [1.165, 1.54) is 12.1 Å². The molecule has 4 rings (SSSR count). The van der Waals surface area contributed by atoms with E-state index in [2.05, 4.69) is 15.8 Å². The number of benzene rings is 3. The number of carbonyl (C=O) groups is 2. The van der Waals surface area contributed by atoms with Crippen LogP contribution in [0.15, 0.2) is 77.9 Å². The van der Waals surface area contributed by atoms with Crippen molar-refractivity contribution in [1.29, 1.82) is 0 Å². The van der Waals surface area contributed by atoms with Gasteiger partial charge in [-0.05, 0) is 47.5 Å². The Hall–Kier alpha value is -4.13. The van der Waals surface area contributed by atoms with Gasteiger partial charge in [0.05, 0.1) is 30.0 Å². The van der Waals surface area contributed by atoms with Gasteiger partial charge in [-0.2, -0.15) is 5.10 Å². The van der Waals surface area contributed by atoms with Crippen LogP contribution in [0.5, 0.6) is 5.75 Å². The fourth-order valence-corrected chi connectivity index (χ4v) is 3.46. The summed E-state index contributed by atoms with van der Waals surface area (Å²) >= 11 is 0. The number of ether oxygens (including phenoxy) is 1. The van der Waals surface area contributed by atoms with Crippen molar-refractivity contribution in [2.24, 2.45) is 5.10 Å². The van der Waals surface area contributed by atoms with Crippen molar-refractivity contribution in [3.8, 4) is 5.75 Å². The van der Waals surface area contributed by atoms with Gasteiger partial charge in [-0.1, -0.05) is 36.4 Å². The Morgan fingerprint density at radius 3 is 2.32 bits per heavy atom. The zero-order chi connectivity index (χ0) is 21.8. The number of nitrogens with one attached hydrogen (secondary N) is 2. The second kappa shape index (κ2) is 8.71. The van der Waals surface area contributed by atoms with Crippen molar-refractivity contribution in [3.63, 3.8) is 0 Å². The molecule has 1 aliphatic rings. The normalized spacial score (nSPS) is 15.0. The maximum Gasteiger partial charge on any atom is 0.336 e. The highest BCUT2D eigenvalue weighted by atomic mass is 16.5. The minimum absolute atomic E-state index is 0.0346. The molecule has 3 aromatic carbocycles. The van der Waals surface area contributed by atoms with E-state index in [9.17, 15) is 14.7 Å². The average molecular weight is 415 g/mol. The van der Waals surface area contributed by atoms with E-state index in [4.69, 9.17) is 4.74 Å². The topological polar surface area (TPSA) is 100 Å². The highest BCUT2D eigenvalue weighted by Crippen LogP contribution is 2.26. The fourth-order valence-electron chi connectivity index (χ4n) is 3.46. The summed E-state index contributed by atoms with van der Waals surface area (Å²) in [4.78, 5) is 23.8. The van der Waals surface area contributed by atoms with Gasteiger partial charge in [-0.3, -0.25) is 4.79 Å². The molecular formula is C24H21N3O4. The summed E-state index contributed by atoms with van der Waals surface area (Å²) in [7, 11) is 1.64. The number of hydrogen-bond acceptors (Lipinski definition) is 5. The Kier molecular flexibility index (Phi) is 5.66. The first kappa shape index (κ1) is 20.2. The van der Waals surface area contributed by atoms with Crippen LogP contribution in [-0.4, -0.2) is 29.8 Å². The summed E-state index contributed by atoms with van der Waals surface area (Å²) in [6.45, 7) is 0. The van der Waals surface area contributed by atoms with Gasteiger partial charge in [0, 0.05) is 12.1 Å². The third kappa shape index (κ3) is 4.40. The van der Waals surface area contributed by atoms with Gasteiger partial charge in [0.2, 0.25) is 0 Å². The van der Waals surface area contributed by atoms with Gasteiger partial charge in [0.25, 0.3) is 5.91 Å². The third-order valence-electron chi connectivity index (χ3n) is 5.15. The van der Waals surface area contributed by atoms with Crippen LogP contribution in [0.1, 0.15) is 44.3 Å². The maximum atomic E-state index is 12.5. The second-order valence-corrected chi connectivity index (χ2v) is 7.10. The van der Waals surface area contributed by atoms with Crippen LogP contribution in [0.2, 0.25) is 0 Å². The van der Waals surface area contributed by atoms with Gasteiger partial charge in [-0.15, -0.1) is 0 Å². The maximum absolute atomic E-state index is 12.5. The average Bonchev–Trinajstić information content (AvgIpc) is 3.30. The number of carbonyl (C=O) groups excluding carboxylic acids is 1. The molecule has 1 heterocycles. The van der Waals surface area contributed by atoms with Crippen molar-refractivity contribution in [3.05, 3.63) is 95.1 Å². The number of methoxy groups -OCH3 is 1. The quantitative estimate of drug-likeness (QED) is 0.563. The van der Waals surface area contributed by atoms with Crippen molar-refractivity contribution in [2.45, 2.75) is 12.5 Å². The lowest BCUT2D eigenvalue weighted by molar-refractivity contribution is 0.0692. The number of carboxylic acids is 1. The monoisotopic (exact) mass is 415 g/mol. The highest BCUT2D eigenvalue weighted by molar-refractivity contribution is 6.11. The summed E-state index contributed by atoms with van der Waals surface area (Å²) in [5.41, 5.74) is 6.83. The smallest absolute Gasteiger partial charge is 0.336 e. The third-order valence-corrected chi connectivity index (χ3v) is 5.15. The van der Waals surface area contributed by atoms with E-state index in [1.807, 2.05) is 36.4 Å². The number of amides is 1. The second-order valence-electron chi connectivity index (χ2n) is 7.10. The molecule has 1 unspecified atom stereocenters. The molecule has 0 bridgehead atoms. The predicted molar refractivity (Wildman–Crippen MR) is 118 cm³/mol. The molecule has 0 fully saturated rings. The van der Waals surface area contributed by atoms with Crippen LogP contribution in [-0.2, 0) is 0 Å². The number of carboxylic acid groups (broad SMARTS) is 1. The van der Waals surface area contributed by atoms with Crippen LogP contribution in [0, 0.1) is 0 Å². The van der Waals surface area contributed by atoms with Crippen LogP contribution >= 0.6 is 0 Å². The van der Waals surface area contributed by atoms with Crippen molar-refractivity contribution < 1.29 is 19.4 Å². The Bertz CT molecular complexity index is 1140. The lowest BCUT2D eigenvalue weighted by atomic mass is 9.99. The molecule has 0 aliphatic carbocycles. The molecule has 0 saturated heterocycles. The van der Waals surface area contributed by atoms with Gasteiger partial charge in [0.1, 0.15) is 5.75 Å². The molecule has 1 amide bonds. The molecule has 3 N–H and O–H groups in total. The van der Waals surface area contributed by atoms with E-state index in [0.29, 0.717) is 5.69 Å². The van der Waals surface area contributed by atoms with E-state index in [0.717, 1.165) is 29.0 Å². The van der Waals surface area contributed by atoms with Gasteiger partial charge in [-0.25, -0.2) is 4.79 Å². The van der Waals surface area contributed by atoms with Crippen LogP contribution < -0.4 is 15.5 Å². The predicted octanol–water partition coefficient (Wildman–Crippen LogP) is 4.08. The van der Waals surface area contributed by atoms with E-state index >= 15 is 0 Å². The highest BCUT2D eigenvalue weighted by Gasteiger charge is 2.21. The number of hydrogen-bond donors (Lipinski definition) is 3. The molecule has 0 spiro atoms. The number of nitrogens with zero attached hydrogens (tertiary/aromatic N) is 1. The minimum atomic E-state index is -1.14. The Morgan fingerprint density at radius 1 is 1.00 bits per heavy atom. The first-order valence-corrected chi connectivity index (χ1v) is 9.75. The lowest BCUT2D eigenvalue weighted by Crippen LogP contribution is -2.16. The summed E-state index contributed by atoms with van der Waals surface area (Å²) in [6, 6.07) is 21.4.